The molecule has 1 aliphatic heterocycles. The van der Waals surface area contributed by atoms with Gasteiger partial charge in [-0.25, -0.2) is 0 Å². The molecule has 0 aromatic carbocycles. The molecule has 1 aliphatic rings. The minimum Gasteiger partial charge on any atom is -0.328 e. The summed E-state index contributed by atoms with van der Waals surface area (Å²) in [7, 11) is 1.98. The third-order valence-corrected chi connectivity index (χ3v) is 2.80. The predicted molar refractivity (Wildman–Crippen MR) is 53.5 cm³/mol. The molecular formula is C9H17N5. The zero-order chi connectivity index (χ0) is 9.97. The second-order valence-corrected chi connectivity index (χ2v) is 3.97. The van der Waals surface area contributed by atoms with Crippen molar-refractivity contribution in [3.05, 3.63) is 12.2 Å². The van der Waals surface area contributed by atoms with Gasteiger partial charge in [0.1, 0.15) is 12.2 Å². The summed E-state index contributed by atoms with van der Waals surface area (Å²) in [4.78, 5) is 2.38. The van der Waals surface area contributed by atoms with Gasteiger partial charge in [-0.05, 0) is 12.8 Å². The smallest absolute Gasteiger partial charge is 0.146 e. The van der Waals surface area contributed by atoms with Gasteiger partial charge in [-0.15, -0.1) is 10.2 Å². The van der Waals surface area contributed by atoms with Crippen LogP contribution < -0.4 is 5.73 Å². The first-order valence-electron chi connectivity index (χ1n) is 5.06. The molecule has 1 fully saturated rings. The van der Waals surface area contributed by atoms with Gasteiger partial charge in [0.25, 0.3) is 0 Å². The summed E-state index contributed by atoms with van der Waals surface area (Å²) < 4.78 is 1.97. The molecule has 0 amide bonds. The number of likely N-dealkylation sites (tertiary alicyclic amines) is 1. The monoisotopic (exact) mass is 195 g/mol. The molecule has 0 aliphatic carbocycles. The Morgan fingerprint density at radius 3 is 2.79 bits per heavy atom. The van der Waals surface area contributed by atoms with Gasteiger partial charge in [0.05, 0.1) is 6.54 Å². The Morgan fingerprint density at radius 2 is 2.21 bits per heavy atom. The number of rotatable bonds is 2. The van der Waals surface area contributed by atoms with E-state index in [9.17, 15) is 0 Å². The Hall–Kier alpha value is -0.940. The number of nitrogens with two attached hydrogens (primary N) is 1. The van der Waals surface area contributed by atoms with Gasteiger partial charge < -0.3 is 10.3 Å². The topological polar surface area (TPSA) is 60.0 Å². The molecule has 14 heavy (non-hydrogen) atoms. The van der Waals surface area contributed by atoms with E-state index < -0.39 is 0 Å². The Labute approximate surface area is 83.9 Å². The van der Waals surface area contributed by atoms with Crippen LogP contribution in [0.5, 0.6) is 0 Å². The largest absolute Gasteiger partial charge is 0.328 e. The Balaban J connectivity index is 1.89. The third kappa shape index (κ3) is 2.10. The molecular weight excluding hydrogens is 178 g/mol. The lowest BCUT2D eigenvalue weighted by atomic mass is 10.1. The maximum absolute atomic E-state index is 5.84. The normalized spacial score (nSPS) is 20.1. The molecule has 0 bridgehead atoms. The second-order valence-electron chi connectivity index (χ2n) is 3.97. The first-order valence-corrected chi connectivity index (χ1v) is 5.06. The molecule has 5 nitrogen and oxygen atoms in total. The van der Waals surface area contributed by atoms with Crippen molar-refractivity contribution in [2.24, 2.45) is 12.8 Å². The zero-order valence-corrected chi connectivity index (χ0v) is 8.56. The van der Waals surface area contributed by atoms with Crippen LogP contribution in [0.15, 0.2) is 6.33 Å². The van der Waals surface area contributed by atoms with Crippen molar-refractivity contribution in [1.82, 2.24) is 19.7 Å². The van der Waals surface area contributed by atoms with Gasteiger partial charge >= 0.3 is 0 Å². The van der Waals surface area contributed by atoms with Crippen molar-refractivity contribution < 1.29 is 0 Å². The summed E-state index contributed by atoms with van der Waals surface area (Å²) >= 11 is 0. The van der Waals surface area contributed by atoms with Crippen molar-refractivity contribution in [1.29, 1.82) is 0 Å². The third-order valence-electron chi connectivity index (χ3n) is 2.80. The molecule has 0 saturated carbocycles. The van der Waals surface area contributed by atoms with Gasteiger partial charge in [-0.2, -0.15) is 0 Å². The lowest BCUT2D eigenvalue weighted by Gasteiger charge is -2.29. The fourth-order valence-corrected chi connectivity index (χ4v) is 1.76. The molecule has 2 rings (SSSR count). The van der Waals surface area contributed by atoms with Crippen LogP contribution >= 0.6 is 0 Å². The van der Waals surface area contributed by atoms with E-state index in [0.29, 0.717) is 6.04 Å². The number of hydrogen-bond acceptors (Lipinski definition) is 4. The van der Waals surface area contributed by atoms with E-state index in [2.05, 4.69) is 15.1 Å². The second kappa shape index (κ2) is 4.06. The Bertz CT molecular complexity index is 287. The van der Waals surface area contributed by atoms with Crippen LogP contribution in [0.3, 0.4) is 0 Å². The molecule has 1 aromatic rings. The van der Waals surface area contributed by atoms with E-state index in [1.54, 1.807) is 6.33 Å². The Morgan fingerprint density at radius 1 is 1.50 bits per heavy atom. The molecule has 5 heteroatoms. The number of hydrogen-bond donors (Lipinski definition) is 1. The minimum absolute atomic E-state index is 0.394. The summed E-state index contributed by atoms with van der Waals surface area (Å²) in [6.07, 6.45) is 3.93. The van der Waals surface area contributed by atoms with Crippen LogP contribution in [0.4, 0.5) is 0 Å². The van der Waals surface area contributed by atoms with Crippen LogP contribution in [0, 0.1) is 0 Å². The summed E-state index contributed by atoms with van der Waals surface area (Å²) in [6.45, 7) is 3.05. The number of piperidine rings is 1. The maximum Gasteiger partial charge on any atom is 0.146 e. The van der Waals surface area contributed by atoms with E-state index in [4.69, 9.17) is 5.73 Å². The first kappa shape index (κ1) is 9.61. The van der Waals surface area contributed by atoms with E-state index in [0.717, 1.165) is 38.3 Å². The quantitative estimate of drug-likeness (QED) is 0.706. The molecule has 0 radical (unpaired) electrons. The highest BCUT2D eigenvalue weighted by Gasteiger charge is 2.17. The maximum atomic E-state index is 5.84. The number of aryl methyl sites for hydroxylation is 1. The van der Waals surface area contributed by atoms with E-state index >= 15 is 0 Å². The Kier molecular flexibility index (Phi) is 2.79. The molecule has 1 saturated heterocycles. The summed E-state index contributed by atoms with van der Waals surface area (Å²) in [5.41, 5.74) is 5.84. The average molecular weight is 195 g/mol. The van der Waals surface area contributed by atoms with Crippen LogP contribution in [-0.2, 0) is 13.6 Å². The molecule has 0 unspecified atom stereocenters. The van der Waals surface area contributed by atoms with Gasteiger partial charge in [0, 0.05) is 26.2 Å². The molecule has 0 atom stereocenters. The molecule has 2 N–H and O–H groups in total. The first-order chi connectivity index (χ1) is 6.75. The van der Waals surface area contributed by atoms with Crippen molar-refractivity contribution in [2.45, 2.75) is 25.4 Å². The van der Waals surface area contributed by atoms with Gasteiger partial charge in [0.2, 0.25) is 0 Å². The highest BCUT2D eigenvalue weighted by molar-refractivity contribution is 4.86. The molecule has 0 spiro atoms. The van der Waals surface area contributed by atoms with E-state index in [1.165, 1.54) is 0 Å². The number of nitrogens with zero attached hydrogens (tertiary/aromatic N) is 4. The van der Waals surface area contributed by atoms with Crippen molar-refractivity contribution in [2.75, 3.05) is 13.1 Å². The van der Waals surface area contributed by atoms with Crippen molar-refractivity contribution >= 4 is 0 Å². The lowest BCUT2D eigenvalue weighted by Crippen LogP contribution is -2.39. The summed E-state index contributed by atoms with van der Waals surface area (Å²) in [5.74, 6) is 1.03. The van der Waals surface area contributed by atoms with Gasteiger partial charge in [-0.1, -0.05) is 0 Å². The zero-order valence-electron chi connectivity index (χ0n) is 8.56. The highest BCUT2D eigenvalue weighted by Crippen LogP contribution is 2.10. The van der Waals surface area contributed by atoms with Crippen LogP contribution in [0.1, 0.15) is 18.7 Å². The van der Waals surface area contributed by atoms with E-state index in [-0.39, 0.29) is 0 Å². The van der Waals surface area contributed by atoms with Crippen LogP contribution in [0.2, 0.25) is 0 Å². The number of aromatic nitrogens is 3. The summed E-state index contributed by atoms with van der Waals surface area (Å²) in [6, 6.07) is 0.394. The van der Waals surface area contributed by atoms with Gasteiger partial charge in [0.15, 0.2) is 0 Å². The van der Waals surface area contributed by atoms with Crippen molar-refractivity contribution in [3.63, 3.8) is 0 Å². The predicted octanol–water partition coefficient (Wildman–Crippen LogP) is -0.262. The lowest BCUT2D eigenvalue weighted by molar-refractivity contribution is 0.199. The molecule has 2 heterocycles. The molecule has 78 valence electrons. The standard InChI is InChI=1S/C9H17N5/c1-13-7-11-12-9(13)6-14-4-2-8(10)3-5-14/h7-8H,2-6,10H2,1H3. The van der Waals surface area contributed by atoms with Crippen molar-refractivity contribution in [3.8, 4) is 0 Å². The SMILES string of the molecule is Cn1cnnc1CN1CCC(N)CC1. The highest BCUT2D eigenvalue weighted by atomic mass is 15.3. The average Bonchev–Trinajstić information content (AvgIpc) is 2.56. The fourth-order valence-electron chi connectivity index (χ4n) is 1.76. The molecule has 1 aromatic heterocycles. The fraction of sp³-hybridized carbons (Fsp3) is 0.778. The van der Waals surface area contributed by atoms with Crippen LogP contribution in [-0.4, -0.2) is 38.8 Å². The van der Waals surface area contributed by atoms with Crippen LogP contribution in [0.25, 0.3) is 0 Å². The van der Waals surface area contributed by atoms with Gasteiger partial charge in [-0.3, -0.25) is 4.90 Å². The minimum atomic E-state index is 0.394. The van der Waals surface area contributed by atoms with E-state index in [1.807, 2.05) is 11.6 Å². The summed E-state index contributed by atoms with van der Waals surface area (Å²) in [5, 5.41) is 7.93.